The normalized spacial score (nSPS) is 11.3. The Morgan fingerprint density at radius 3 is 2.62 bits per heavy atom. The summed E-state index contributed by atoms with van der Waals surface area (Å²) < 4.78 is 31.5. The molecule has 118 valence electrons. The Labute approximate surface area is 123 Å². The van der Waals surface area contributed by atoms with Crippen LogP contribution in [0.4, 0.5) is 11.4 Å². The molecule has 1 aromatic rings. The molecular formula is C12H19N3O5S. The lowest BCUT2D eigenvalue weighted by Gasteiger charge is -2.09. The smallest absolute Gasteiger partial charge is 0.291 e. The van der Waals surface area contributed by atoms with Crippen LogP contribution in [0.15, 0.2) is 23.1 Å². The Bertz CT molecular complexity index is 589. The second kappa shape index (κ2) is 7.91. The highest BCUT2D eigenvalue weighted by molar-refractivity contribution is 7.89. The first kappa shape index (κ1) is 17.3. The minimum Gasteiger partial charge on any atom is -0.385 e. The van der Waals surface area contributed by atoms with Gasteiger partial charge in [0, 0.05) is 31.5 Å². The van der Waals surface area contributed by atoms with Crippen LogP contribution in [0.1, 0.15) is 13.8 Å². The summed E-state index contributed by atoms with van der Waals surface area (Å²) in [4.78, 5) is 10.00. The molecule has 0 fully saturated rings. The van der Waals surface area contributed by atoms with Gasteiger partial charge in [0.1, 0.15) is 0 Å². The Kier molecular flexibility index (Phi) is 6.53. The monoisotopic (exact) mass is 317 g/mol. The van der Waals surface area contributed by atoms with Crippen molar-refractivity contribution in [3.05, 3.63) is 28.3 Å². The van der Waals surface area contributed by atoms with Crippen molar-refractivity contribution in [1.29, 1.82) is 0 Å². The molecular weight excluding hydrogens is 298 g/mol. The lowest BCUT2D eigenvalue weighted by Crippen LogP contribution is -2.28. The van der Waals surface area contributed by atoms with Crippen LogP contribution in [-0.4, -0.2) is 39.6 Å². The van der Waals surface area contributed by atoms with Crippen molar-refractivity contribution >= 4 is 21.4 Å². The first-order valence-corrected chi connectivity index (χ1v) is 8.00. The number of hydrogen-bond donors (Lipinski definition) is 2. The molecule has 9 heteroatoms. The number of nitrogens with zero attached hydrogens (tertiary/aromatic N) is 1. The molecule has 0 atom stereocenters. The first-order valence-electron chi connectivity index (χ1n) is 6.52. The van der Waals surface area contributed by atoms with E-state index in [9.17, 15) is 18.5 Å². The van der Waals surface area contributed by atoms with E-state index in [1.807, 2.05) is 6.92 Å². The van der Waals surface area contributed by atoms with Crippen molar-refractivity contribution in [2.75, 3.05) is 31.6 Å². The molecule has 1 rings (SSSR count). The van der Waals surface area contributed by atoms with Crippen molar-refractivity contribution < 1.29 is 18.1 Å². The fraction of sp³-hybridized carbons (Fsp3) is 0.500. The molecule has 0 heterocycles. The van der Waals surface area contributed by atoms with E-state index in [0.717, 1.165) is 0 Å². The molecule has 0 aliphatic rings. The summed E-state index contributed by atoms with van der Waals surface area (Å²) in [6.07, 6.45) is 0. The van der Waals surface area contributed by atoms with Gasteiger partial charge in [0.2, 0.25) is 10.0 Å². The second-order valence-corrected chi connectivity index (χ2v) is 5.80. The lowest BCUT2D eigenvalue weighted by atomic mass is 10.3. The molecule has 21 heavy (non-hydrogen) atoms. The third-order valence-corrected chi connectivity index (χ3v) is 4.08. The Morgan fingerprint density at radius 1 is 1.33 bits per heavy atom. The fourth-order valence-corrected chi connectivity index (χ4v) is 2.84. The maximum atomic E-state index is 12.1. The minimum atomic E-state index is -3.95. The number of sulfonamides is 1. The zero-order valence-electron chi connectivity index (χ0n) is 12.0. The average molecular weight is 317 g/mol. The van der Waals surface area contributed by atoms with Gasteiger partial charge in [0.25, 0.3) is 5.69 Å². The molecule has 0 bridgehead atoms. The Morgan fingerprint density at radius 2 is 2.05 bits per heavy atom. The van der Waals surface area contributed by atoms with Crippen molar-refractivity contribution in [1.82, 2.24) is 4.72 Å². The summed E-state index contributed by atoms with van der Waals surface area (Å²) in [7, 11) is -3.95. The number of benzene rings is 1. The molecule has 0 spiro atoms. The van der Waals surface area contributed by atoms with Gasteiger partial charge in [-0.3, -0.25) is 10.1 Å². The molecule has 8 nitrogen and oxygen atoms in total. The van der Waals surface area contributed by atoms with E-state index >= 15 is 0 Å². The summed E-state index contributed by atoms with van der Waals surface area (Å²) in [6.45, 7) is 4.95. The molecule has 0 radical (unpaired) electrons. The van der Waals surface area contributed by atoms with Crippen LogP contribution in [0.2, 0.25) is 0 Å². The number of nitrogens with one attached hydrogen (secondary N) is 2. The van der Waals surface area contributed by atoms with Gasteiger partial charge in [-0.25, -0.2) is 13.1 Å². The number of nitro benzene ring substituents is 1. The fourth-order valence-electron chi connectivity index (χ4n) is 1.67. The number of ether oxygens (including phenoxy) is 1. The standard InChI is InChI=1S/C12H19N3O5S/c1-3-13-10-5-6-12(11(9-10)15(16)17)21(18,19)14-7-8-20-4-2/h5-6,9,13-14H,3-4,7-8H2,1-2H3. The molecule has 0 saturated heterocycles. The highest BCUT2D eigenvalue weighted by Gasteiger charge is 2.25. The van der Waals surface area contributed by atoms with Crippen LogP contribution in [-0.2, 0) is 14.8 Å². The van der Waals surface area contributed by atoms with Crippen LogP contribution in [0.25, 0.3) is 0 Å². The molecule has 0 aliphatic carbocycles. The number of hydrogen-bond acceptors (Lipinski definition) is 6. The van der Waals surface area contributed by atoms with Crippen molar-refractivity contribution in [3.8, 4) is 0 Å². The van der Waals surface area contributed by atoms with E-state index in [1.54, 1.807) is 6.92 Å². The summed E-state index contributed by atoms with van der Waals surface area (Å²) in [5, 5.41) is 14.0. The van der Waals surface area contributed by atoms with Gasteiger partial charge in [-0.1, -0.05) is 0 Å². The van der Waals surface area contributed by atoms with Crippen LogP contribution in [0.3, 0.4) is 0 Å². The maximum Gasteiger partial charge on any atom is 0.291 e. The molecule has 2 N–H and O–H groups in total. The van der Waals surface area contributed by atoms with Crippen LogP contribution in [0.5, 0.6) is 0 Å². The third kappa shape index (κ3) is 4.96. The molecule has 0 saturated carbocycles. The van der Waals surface area contributed by atoms with Crippen LogP contribution < -0.4 is 10.0 Å². The largest absolute Gasteiger partial charge is 0.385 e. The maximum absolute atomic E-state index is 12.1. The lowest BCUT2D eigenvalue weighted by molar-refractivity contribution is -0.387. The van der Waals surface area contributed by atoms with E-state index in [2.05, 4.69) is 10.0 Å². The predicted octanol–water partition coefficient (Wildman–Crippen LogP) is 1.34. The highest BCUT2D eigenvalue weighted by atomic mass is 32.2. The van der Waals surface area contributed by atoms with Gasteiger partial charge in [-0.2, -0.15) is 0 Å². The topological polar surface area (TPSA) is 111 Å². The molecule has 0 unspecified atom stereocenters. The summed E-state index contributed by atoms with van der Waals surface area (Å²) in [5.41, 5.74) is 0.0369. The number of anilines is 1. The number of nitro groups is 1. The minimum absolute atomic E-state index is 0.0578. The third-order valence-electron chi connectivity index (χ3n) is 2.57. The Hall–Kier alpha value is -1.71. The molecule has 0 aromatic heterocycles. The summed E-state index contributed by atoms with van der Waals surface area (Å²) in [6, 6.07) is 3.92. The summed E-state index contributed by atoms with van der Waals surface area (Å²) >= 11 is 0. The highest BCUT2D eigenvalue weighted by Crippen LogP contribution is 2.27. The van der Waals surface area contributed by atoms with E-state index in [1.165, 1.54) is 18.2 Å². The van der Waals surface area contributed by atoms with Crippen molar-refractivity contribution in [2.45, 2.75) is 18.7 Å². The van der Waals surface area contributed by atoms with Gasteiger partial charge in [0.05, 0.1) is 11.5 Å². The van der Waals surface area contributed by atoms with Crippen molar-refractivity contribution in [3.63, 3.8) is 0 Å². The summed E-state index contributed by atoms with van der Waals surface area (Å²) in [5.74, 6) is 0. The zero-order valence-corrected chi connectivity index (χ0v) is 12.8. The van der Waals surface area contributed by atoms with Gasteiger partial charge < -0.3 is 10.1 Å². The van der Waals surface area contributed by atoms with E-state index in [0.29, 0.717) is 18.8 Å². The molecule has 0 amide bonds. The first-order chi connectivity index (χ1) is 9.92. The second-order valence-electron chi connectivity index (χ2n) is 4.06. The molecule has 1 aromatic carbocycles. The van der Waals surface area contributed by atoms with Gasteiger partial charge in [-0.15, -0.1) is 0 Å². The quantitative estimate of drug-likeness (QED) is 0.404. The average Bonchev–Trinajstić information content (AvgIpc) is 2.43. The zero-order chi connectivity index (χ0) is 15.9. The van der Waals surface area contributed by atoms with E-state index in [4.69, 9.17) is 4.74 Å². The Balaban J connectivity index is 3.02. The van der Waals surface area contributed by atoms with Crippen LogP contribution in [0, 0.1) is 10.1 Å². The molecule has 0 aliphatic heterocycles. The SMILES string of the molecule is CCNc1ccc(S(=O)(=O)NCCOCC)c([N+](=O)[O-])c1. The van der Waals surface area contributed by atoms with Gasteiger partial charge in [-0.05, 0) is 26.0 Å². The van der Waals surface area contributed by atoms with Crippen LogP contribution >= 0.6 is 0 Å². The van der Waals surface area contributed by atoms with Gasteiger partial charge >= 0.3 is 0 Å². The van der Waals surface area contributed by atoms with E-state index < -0.39 is 20.6 Å². The van der Waals surface area contributed by atoms with E-state index in [-0.39, 0.29) is 18.0 Å². The van der Waals surface area contributed by atoms with Gasteiger partial charge in [0.15, 0.2) is 4.90 Å². The number of rotatable bonds is 9. The van der Waals surface area contributed by atoms with Crippen molar-refractivity contribution in [2.24, 2.45) is 0 Å². The predicted molar refractivity (Wildman–Crippen MR) is 78.9 cm³/mol.